The van der Waals surface area contributed by atoms with Crippen LogP contribution >= 0.6 is 11.6 Å². The quantitative estimate of drug-likeness (QED) is 0.300. The van der Waals surface area contributed by atoms with E-state index in [1.54, 1.807) is 42.5 Å². The molecule has 4 rings (SSSR count). The predicted molar refractivity (Wildman–Crippen MR) is 149 cm³/mol. The van der Waals surface area contributed by atoms with Crippen LogP contribution in [0.5, 0.6) is 17.2 Å². The summed E-state index contributed by atoms with van der Waals surface area (Å²) in [5.41, 5.74) is 0.648. The molecule has 0 atom stereocenters. The average Bonchev–Trinajstić information content (AvgIpc) is 2.93. The summed E-state index contributed by atoms with van der Waals surface area (Å²) in [6, 6.07) is 17.4. The van der Waals surface area contributed by atoms with Crippen LogP contribution in [0.15, 0.2) is 71.6 Å². The Labute approximate surface area is 229 Å². The molecule has 38 heavy (non-hydrogen) atoms. The smallest absolute Gasteiger partial charge is 0.262 e. The highest BCUT2D eigenvalue weighted by Crippen LogP contribution is 2.36. The number of nitrogens with one attached hydrogen (secondary N) is 2. The van der Waals surface area contributed by atoms with Crippen LogP contribution in [0.25, 0.3) is 0 Å². The number of benzene rings is 3. The van der Waals surface area contributed by atoms with Crippen molar-refractivity contribution >= 4 is 33.2 Å². The summed E-state index contributed by atoms with van der Waals surface area (Å²) in [5.74, 6) is 0.982. The van der Waals surface area contributed by atoms with Crippen molar-refractivity contribution in [2.45, 2.75) is 30.6 Å². The van der Waals surface area contributed by atoms with Crippen molar-refractivity contribution in [1.82, 2.24) is 10.2 Å². The highest BCUT2D eigenvalue weighted by atomic mass is 35.5. The van der Waals surface area contributed by atoms with Crippen molar-refractivity contribution < 1.29 is 22.7 Å². The van der Waals surface area contributed by atoms with Gasteiger partial charge in [-0.1, -0.05) is 30.2 Å². The topological polar surface area (TPSA) is 97.0 Å². The van der Waals surface area contributed by atoms with Gasteiger partial charge in [-0.25, -0.2) is 8.42 Å². The molecule has 1 amide bonds. The maximum atomic E-state index is 13.1. The molecule has 1 heterocycles. The van der Waals surface area contributed by atoms with Crippen LogP contribution in [0.2, 0.25) is 5.02 Å². The van der Waals surface area contributed by atoms with Crippen LogP contribution in [0.1, 0.15) is 36.0 Å². The SMILES string of the molecule is COc1ccc(Oc2ccccc2NS(=O)(=O)c2ccc(C(=O)NCCCN3CCCCC3)cc2)c(Cl)c1. The van der Waals surface area contributed by atoms with Crippen molar-refractivity contribution in [3.05, 3.63) is 77.3 Å². The van der Waals surface area contributed by atoms with Crippen LogP contribution < -0.4 is 19.5 Å². The minimum absolute atomic E-state index is 0.0245. The number of halogens is 1. The van der Waals surface area contributed by atoms with E-state index in [0.29, 0.717) is 28.6 Å². The van der Waals surface area contributed by atoms with E-state index in [4.69, 9.17) is 21.1 Å². The highest BCUT2D eigenvalue weighted by molar-refractivity contribution is 7.92. The first-order valence-electron chi connectivity index (χ1n) is 12.6. The Morgan fingerprint density at radius 2 is 1.71 bits per heavy atom. The van der Waals surface area contributed by atoms with Crippen molar-refractivity contribution in [2.75, 3.05) is 38.0 Å². The third-order valence-corrected chi connectivity index (χ3v) is 7.98. The molecule has 2 N–H and O–H groups in total. The van der Waals surface area contributed by atoms with Gasteiger partial charge in [-0.05, 0) is 87.4 Å². The van der Waals surface area contributed by atoms with Gasteiger partial charge in [0.25, 0.3) is 15.9 Å². The molecule has 0 unspecified atom stereocenters. The largest absolute Gasteiger partial charge is 0.497 e. The lowest BCUT2D eigenvalue weighted by molar-refractivity contribution is 0.0951. The highest BCUT2D eigenvalue weighted by Gasteiger charge is 2.18. The summed E-state index contributed by atoms with van der Waals surface area (Å²) >= 11 is 6.28. The number of ether oxygens (including phenoxy) is 2. The molecule has 1 saturated heterocycles. The van der Waals surface area contributed by atoms with Gasteiger partial charge in [-0.3, -0.25) is 9.52 Å². The fourth-order valence-corrected chi connectivity index (χ4v) is 5.51. The second-order valence-corrected chi connectivity index (χ2v) is 11.1. The molecule has 10 heteroatoms. The summed E-state index contributed by atoms with van der Waals surface area (Å²) in [7, 11) is -2.41. The zero-order valence-electron chi connectivity index (χ0n) is 21.3. The number of carbonyl (C=O) groups excluding carboxylic acids is 1. The Hall–Kier alpha value is -3.27. The Balaban J connectivity index is 1.36. The minimum atomic E-state index is -3.94. The number of nitrogens with zero attached hydrogens (tertiary/aromatic N) is 1. The van der Waals surface area contributed by atoms with Gasteiger partial charge in [-0.2, -0.15) is 0 Å². The van der Waals surface area contributed by atoms with Gasteiger partial charge in [-0.15, -0.1) is 0 Å². The normalized spacial score (nSPS) is 14.1. The number of hydrogen-bond acceptors (Lipinski definition) is 6. The average molecular weight is 558 g/mol. The lowest BCUT2D eigenvalue weighted by atomic mass is 10.1. The van der Waals surface area contributed by atoms with Crippen LogP contribution in [0, 0.1) is 0 Å². The van der Waals surface area contributed by atoms with Crippen molar-refractivity contribution in [2.24, 2.45) is 0 Å². The number of rotatable bonds is 11. The summed E-state index contributed by atoms with van der Waals surface area (Å²) in [4.78, 5) is 15.0. The van der Waals surface area contributed by atoms with Gasteiger partial charge in [0.1, 0.15) is 11.5 Å². The van der Waals surface area contributed by atoms with E-state index < -0.39 is 10.0 Å². The fourth-order valence-electron chi connectivity index (χ4n) is 4.23. The second-order valence-electron chi connectivity index (χ2n) is 9.04. The van der Waals surface area contributed by atoms with Crippen LogP contribution in [0.4, 0.5) is 5.69 Å². The third-order valence-electron chi connectivity index (χ3n) is 6.30. The number of sulfonamides is 1. The molecule has 8 nitrogen and oxygen atoms in total. The molecule has 1 aliphatic rings. The zero-order chi connectivity index (χ0) is 27.0. The van der Waals surface area contributed by atoms with E-state index in [1.807, 2.05) is 0 Å². The molecule has 0 bridgehead atoms. The van der Waals surface area contributed by atoms with Crippen molar-refractivity contribution in [3.63, 3.8) is 0 Å². The second kappa shape index (κ2) is 13.0. The van der Waals surface area contributed by atoms with Crippen molar-refractivity contribution in [1.29, 1.82) is 0 Å². The van der Waals surface area contributed by atoms with E-state index in [-0.39, 0.29) is 22.2 Å². The Bertz CT molecular complexity index is 1340. The van der Waals surface area contributed by atoms with Crippen LogP contribution in [-0.4, -0.2) is 52.5 Å². The summed E-state index contributed by atoms with van der Waals surface area (Å²) in [6.45, 7) is 3.80. The number of amides is 1. The van der Waals surface area contributed by atoms with Gasteiger partial charge in [0, 0.05) is 18.2 Å². The van der Waals surface area contributed by atoms with Gasteiger partial charge < -0.3 is 19.7 Å². The standard InChI is InChI=1S/C28H32ClN3O5S/c1-36-22-12-15-26(24(29)20-22)37-27-9-4-3-8-25(27)31-38(34,35)23-13-10-21(11-14-23)28(33)30-16-7-19-32-17-5-2-6-18-32/h3-4,8-15,20,31H,2,5-7,16-19H2,1H3,(H,30,33). The number of hydrogen-bond donors (Lipinski definition) is 2. The molecule has 1 fully saturated rings. The molecular weight excluding hydrogens is 526 g/mol. The Morgan fingerprint density at radius 3 is 2.42 bits per heavy atom. The number of likely N-dealkylation sites (tertiary alicyclic amines) is 1. The van der Waals surface area contributed by atoms with Gasteiger partial charge in [0.2, 0.25) is 0 Å². The lowest BCUT2D eigenvalue weighted by Crippen LogP contribution is -2.33. The molecule has 0 saturated carbocycles. The van der Waals surface area contributed by atoms with Crippen molar-refractivity contribution in [3.8, 4) is 17.2 Å². The molecule has 3 aromatic rings. The first-order valence-corrected chi connectivity index (χ1v) is 14.5. The van der Waals surface area contributed by atoms with E-state index in [0.717, 1.165) is 26.1 Å². The molecule has 3 aromatic carbocycles. The molecule has 202 valence electrons. The molecule has 0 aromatic heterocycles. The predicted octanol–water partition coefficient (Wildman–Crippen LogP) is 5.55. The molecule has 1 aliphatic heterocycles. The van der Waals surface area contributed by atoms with E-state index >= 15 is 0 Å². The molecule has 0 spiro atoms. The Kier molecular flexibility index (Phi) is 9.49. The molecular formula is C28H32ClN3O5S. The van der Waals surface area contributed by atoms with E-state index in [1.165, 1.54) is 50.6 Å². The Morgan fingerprint density at radius 1 is 0.974 bits per heavy atom. The first-order chi connectivity index (χ1) is 18.4. The molecule has 0 aliphatic carbocycles. The van der Waals surface area contributed by atoms with Gasteiger partial charge >= 0.3 is 0 Å². The maximum Gasteiger partial charge on any atom is 0.262 e. The van der Waals surface area contributed by atoms with Gasteiger partial charge in [0.05, 0.1) is 22.7 Å². The minimum Gasteiger partial charge on any atom is -0.497 e. The van der Waals surface area contributed by atoms with E-state index in [9.17, 15) is 13.2 Å². The fraction of sp³-hybridized carbons (Fsp3) is 0.321. The lowest BCUT2D eigenvalue weighted by Gasteiger charge is -2.26. The third kappa shape index (κ3) is 7.40. The number of anilines is 1. The van der Waals surface area contributed by atoms with E-state index in [2.05, 4.69) is 14.9 Å². The van der Waals surface area contributed by atoms with Gasteiger partial charge in [0.15, 0.2) is 5.75 Å². The zero-order valence-corrected chi connectivity index (χ0v) is 22.9. The summed E-state index contributed by atoms with van der Waals surface area (Å²) < 4.78 is 39.8. The number of methoxy groups -OCH3 is 1. The number of para-hydroxylation sites is 2. The maximum absolute atomic E-state index is 13.1. The van der Waals surface area contributed by atoms with Crippen LogP contribution in [0.3, 0.4) is 0 Å². The van der Waals surface area contributed by atoms with Crippen LogP contribution in [-0.2, 0) is 10.0 Å². The summed E-state index contributed by atoms with van der Waals surface area (Å²) in [6.07, 6.45) is 4.66. The number of piperidine rings is 1. The monoisotopic (exact) mass is 557 g/mol. The number of carbonyl (C=O) groups is 1. The summed E-state index contributed by atoms with van der Waals surface area (Å²) in [5, 5.41) is 3.23. The first kappa shape index (κ1) is 27.8. The molecule has 0 radical (unpaired) electrons.